The number of carbonyl (C=O) groups excluding carboxylic acids is 2. The van der Waals surface area contributed by atoms with Crippen LogP contribution >= 0.6 is 0 Å². The third kappa shape index (κ3) is 3.17. The van der Waals surface area contributed by atoms with E-state index in [0.29, 0.717) is 19.5 Å². The molecule has 4 fully saturated rings. The normalized spacial score (nSPS) is 43.4. The molecule has 8 atom stereocenters. The van der Waals surface area contributed by atoms with Crippen LogP contribution in [0.1, 0.15) is 45.1 Å². The standard InChI is InChI=1S/C30H36FNO4/c1-28-10-9-22(34)11-19(28)5-8-23-24-12-20-15-32(14-18-3-6-21(31)7-4-18)17-30(20,26(36)16-33)29(24,2)13-25(35)27(23)28/h3-4,6-7,9-11,20,23-25,27,33,35H,5,8,12-17H2,1-2H3. The van der Waals surface area contributed by atoms with Gasteiger partial charge in [0.25, 0.3) is 0 Å². The van der Waals surface area contributed by atoms with Crippen LogP contribution in [0.25, 0.3) is 0 Å². The van der Waals surface area contributed by atoms with E-state index in [1.54, 1.807) is 24.3 Å². The smallest absolute Gasteiger partial charge is 0.178 e. The summed E-state index contributed by atoms with van der Waals surface area (Å²) in [6.45, 7) is 5.84. The fourth-order valence-corrected chi connectivity index (χ4v) is 9.61. The number of Topliss-reactive ketones (excluding diaryl/α,β-unsaturated/α-hetero) is 1. The molecule has 1 aromatic rings. The lowest BCUT2D eigenvalue weighted by atomic mass is 9.44. The summed E-state index contributed by atoms with van der Waals surface area (Å²) in [5.74, 6) is 0.348. The Bertz CT molecular complexity index is 1160. The van der Waals surface area contributed by atoms with Crippen LogP contribution in [0.3, 0.4) is 0 Å². The van der Waals surface area contributed by atoms with Crippen molar-refractivity contribution in [3.8, 4) is 0 Å². The first kappa shape index (κ1) is 24.2. The summed E-state index contributed by atoms with van der Waals surface area (Å²) in [6, 6.07) is 6.52. The van der Waals surface area contributed by atoms with Crippen molar-refractivity contribution in [1.29, 1.82) is 0 Å². The molecule has 1 saturated heterocycles. The molecule has 3 saturated carbocycles. The van der Waals surface area contributed by atoms with E-state index in [1.165, 1.54) is 12.1 Å². The monoisotopic (exact) mass is 493 g/mol. The minimum Gasteiger partial charge on any atom is -0.393 e. The van der Waals surface area contributed by atoms with E-state index in [-0.39, 0.29) is 46.5 Å². The van der Waals surface area contributed by atoms with Gasteiger partial charge in [0.2, 0.25) is 0 Å². The number of allylic oxidation sites excluding steroid dienone is 4. The first-order valence-electron chi connectivity index (χ1n) is 13.4. The van der Waals surface area contributed by atoms with Gasteiger partial charge in [0, 0.05) is 31.0 Å². The summed E-state index contributed by atoms with van der Waals surface area (Å²) in [7, 11) is 0. The first-order chi connectivity index (χ1) is 17.1. The van der Waals surface area contributed by atoms with E-state index >= 15 is 0 Å². The molecule has 0 bridgehead atoms. The average molecular weight is 494 g/mol. The zero-order valence-electron chi connectivity index (χ0n) is 21.1. The van der Waals surface area contributed by atoms with Gasteiger partial charge in [0.1, 0.15) is 12.4 Å². The van der Waals surface area contributed by atoms with Gasteiger partial charge in [0.05, 0.1) is 11.5 Å². The third-order valence-corrected chi connectivity index (χ3v) is 11.1. The van der Waals surface area contributed by atoms with Crippen molar-refractivity contribution in [1.82, 2.24) is 4.90 Å². The molecule has 8 unspecified atom stereocenters. The molecule has 1 aromatic carbocycles. The van der Waals surface area contributed by atoms with Gasteiger partial charge in [-0.25, -0.2) is 4.39 Å². The van der Waals surface area contributed by atoms with Gasteiger partial charge in [-0.1, -0.05) is 37.6 Å². The number of rotatable bonds is 4. The van der Waals surface area contributed by atoms with Crippen molar-refractivity contribution >= 4 is 11.6 Å². The van der Waals surface area contributed by atoms with Crippen molar-refractivity contribution < 1.29 is 24.2 Å². The van der Waals surface area contributed by atoms with E-state index in [4.69, 9.17) is 0 Å². The van der Waals surface area contributed by atoms with Crippen LogP contribution in [-0.2, 0) is 16.1 Å². The topological polar surface area (TPSA) is 77.8 Å². The molecule has 2 N–H and O–H groups in total. The first-order valence-corrected chi connectivity index (χ1v) is 13.4. The average Bonchev–Trinajstić information content (AvgIpc) is 3.32. The lowest BCUT2D eigenvalue weighted by Crippen LogP contribution is -2.60. The maximum atomic E-state index is 13.6. The third-order valence-electron chi connectivity index (χ3n) is 11.1. The van der Waals surface area contributed by atoms with Crippen molar-refractivity contribution in [2.24, 2.45) is 39.9 Å². The summed E-state index contributed by atoms with van der Waals surface area (Å²) in [6.07, 6.45) is 8.04. The quantitative estimate of drug-likeness (QED) is 0.669. The maximum Gasteiger partial charge on any atom is 0.178 e. The molecule has 192 valence electrons. The molecule has 1 aliphatic heterocycles. The molecular formula is C30H36FNO4. The minimum absolute atomic E-state index is 0.0235. The summed E-state index contributed by atoms with van der Waals surface area (Å²) >= 11 is 0. The molecule has 36 heavy (non-hydrogen) atoms. The second-order valence-corrected chi connectivity index (χ2v) is 12.5. The van der Waals surface area contributed by atoms with E-state index in [0.717, 1.165) is 36.9 Å². The second-order valence-electron chi connectivity index (χ2n) is 12.5. The van der Waals surface area contributed by atoms with Crippen LogP contribution in [0.2, 0.25) is 0 Å². The van der Waals surface area contributed by atoms with Gasteiger partial charge < -0.3 is 10.2 Å². The van der Waals surface area contributed by atoms with Gasteiger partial charge in [0.15, 0.2) is 11.6 Å². The van der Waals surface area contributed by atoms with Gasteiger partial charge in [-0.05, 0) is 78.7 Å². The predicted octanol–water partition coefficient (Wildman–Crippen LogP) is 3.69. The molecule has 0 radical (unpaired) electrons. The van der Waals surface area contributed by atoms with Crippen molar-refractivity contribution in [3.05, 3.63) is 59.4 Å². The molecular weight excluding hydrogens is 457 g/mol. The Labute approximate surface area is 212 Å². The Morgan fingerprint density at radius 2 is 1.97 bits per heavy atom. The summed E-state index contributed by atoms with van der Waals surface area (Å²) < 4.78 is 13.4. The maximum absolute atomic E-state index is 13.6. The largest absolute Gasteiger partial charge is 0.393 e. The Balaban J connectivity index is 1.34. The van der Waals surface area contributed by atoms with Crippen LogP contribution in [0.15, 0.2) is 48.1 Å². The number of benzene rings is 1. The zero-order valence-corrected chi connectivity index (χ0v) is 21.1. The molecule has 1 heterocycles. The number of aliphatic hydroxyl groups is 2. The lowest BCUT2D eigenvalue weighted by molar-refractivity contribution is -0.159. The number of hydrogen-bond donors (Lipinski definition) is 2. The van der Waals surface area contributed by atoms with E-state index in [2.05, 4.69) is 18.7 Å². The SMILES string of the molecule is CC12C=CC(=O)C=C1CCC1C2C(O)CC2(C)C1CC1CN(Cc3ccc(F)cc3)CC12C(=O)CO. The van der Waals surface area contributed by atoms with Crippen molar-refractivity contribution in [3.63, 3.8) is 0 Å². The number of halogens is 1. The lowest BCUT2D eigenvalue weighted by Gasteiger charge is -2.60. The minimum atomic E-state index is -0.701. The number of fused-ring (bicyclic) bond motifs is 7. The van der Waals surface area contributed by atoms with Crippen LogP contribution in [0.5, 0.6) is 0 Å². The molecule has 0 spiro atoms. The summed E-state index contributed by atoms with van der Waals surface area (Å²) in [5, 5.41) is 21.9. The Morgan fingerprint density at radius 1 is 1.22 bits per heavy atom. The molecule has 0 aromatic heterocycles. The highest BCUT2D eigenvalue weighted by atomic mass is 19.1. The number of hydrogen-bond acceptors (Lipinski definition) is 5. The van der Waals surface area contributed by atoms with E-state index in [1.807, 2.05) is 6.08 Å². The summed E-state index contributed by atoms with van der Waals surface area (Å²) in [4.78, 5) is 28.0. The highest BCUT2D eigenvalue weighted by Crippen LogP contribution is 2.72. The fraction of sp³-hybridized carbons (Fsp3) is 0.600. The van der Waals surface area contributed by atoms with E-state index < -0.39 is 23.5 Å². The molecule has 0 amide bonds. The highest BCUT2D eigenvalue weighted by Gasteiger charge is 2.73. The van der Waals surface area contributed by atoms with Crippen LogP contribution in [0, 0.1) is 45.7 Å². The number of aliphatic hydroxyl groups excluding tert-OH is 2. The zero-order chi connectivity index (χ0) is 25.5. The van der Waals surface area contributed by atoms with Crippen LogP contribution in [-0.4, -0.2) is 52.5 Å². The Morgan fingerprint density at radius 3 is 2.69 bits per heavy atom. The van der Waals surface area contributed by atoms with E-state index in [9.17, 15) is 24.2 Å². The van der Waals surface area contributed by atoms with Crippen molar-refractivity contribution in [2.75, 3.05) is 19.7 Å². The van der Waals surface area contributed by atoms with Crippen LogP contribution < -0.4 is 0 Å². The Kier molecular flexibility index (Phi) is 5.50. The highest BCUT2D eigenvalue weighted by molar-refractivity contribution is 6.01. The van der Waals surface area contributed by atoms with Gasteiger partial charge in [-0.3, -0.25) is 14.5 Å². The summed E-state index contributed by atoms with van der Waals surface area (Å²) in [5.41, 5.74) is 0.683. The second kappa shape index (κ2) is 8.17. The number of carbonyl (C=O) groups is 2. The van der Waals surface area contributed by atoms with Gasteiger partial charge in [-0.2, -0.15) is 0 Å². The van der Waals surface area contributed by atoms with Gasteiger partial charge >= 0.3 is 0 Å². The predicted molar refractivity (Wildman–Crippen MR) is 133 cm³/mol. The fourth-order valence-electron chi connectivity index (χ4n) is 9.61. The van der Waals surface area contributed by atoms with Crippen molar-refractivity contribution in [2.45, 2.75) is 52.2 Å². The molecule has 5 aliphatic rings. The van der Waals surface area contributed by atoms with Gasteiger partial charge in [-0.15, -0.1) is 0 Å². The van der Waals surface area contributed by atoms with Crippen LogP contribution in [0.4, 0.5) is 4.39 Å². The molecule has 6 heteroatoms. The molecule has 4 aliphatic carbocycles. The number of ketones is 2. The molecule has 6 rings (SSSR count). The number of likely N-dealkylation sites (tertiary alicyclic amines) is 1. The number of nitrogens with zero attached hydrogens (tertiary/aromatic N) is 1. The molecule has 5 nitrogen and oxygen atoms in total. The Hall–Kier alpha value is -2.15.